The number of nitrogens with zero attached hydrogens (tertiary/aromatic N) is 3. The Labute approximate surface area is 128 Å². The Kier molecular flexibility index (Phi) is 5.30. The Morgan fingerprint density at radius 3 is 2.90 bits per heavy atom. The predicted molar refractivity (Wildman–Crippen MR) is 81.5 cm³/mol. The molecule has 1 unspecified atom stereocenters. The number of hydrogen-bond donors (Lipinski definition) is 1. The number of thiazole rings is 1. The van der Waals surface area contributed by atoms with Crippen molar-refractivity contribution in [3.05, 3.63) is 11.1 Å². The fourth-order valence-corrected chi connectivity index (χ4v) is 3.58. The molecule has 0 spiro atoms. The van der Waals surface area contributed by atoms with Crippen molar-refractivity contribution in [1.82, 2.24) is 9.88 Å². The van der Waals surface area contributed by atoms with Crippen LogP contribution < -0.4 is 4.90 Å². The van der Waals surface area contributed by atoms with E-state index in [1.54, 1.807) is 4.90 Å². The van der Waals surface area contributed by atoms with E-state index in [0.717, 1.165) is 25.1 Å². The number of rotatable bonds is 5. The van der Waals surface area contributed by atoms with E-state index in [0.29, 0.717) is 24.6 Å². The molecule has 1 atom stereocenters. The van der Waals surface area contributed by atoms with Gasteiger partial charge in [0.25, 0.3) is 0 Å². The highest BCUT2D eigenvalue weighted by Gasteiger charge is 2.29. The van der Waals surface area contributed by atoms with E-state index in [2.05, 4.69) is 4.98 Å². The van der Waals surface area contributed by atoms with Crippen molar-refractivity contribution in [2.75, 3.05) is 18.0 Å². The number of likely N-dealkylation sites (tertiary alicyclic amines) is 1. The van der Waals surface area contributed by atoms with E-state index >= 15 is 0 Å². The van der Waals surface area contributed by atoms with Gasteiger partial charge in [0.15, 0.2) is 5.13 Å². The molecule has 116 valence electrons. The van der Waals surface area contributed by atoms with Crippen LogP contribution in [-0.2, 0) is 16.1 Å². The Morgan fingerprint density at radius 2 is 2.29 bits per heavy atom. The highest BCUT2D eigenvalue weighted by molar-refractivity contribution is 7.14. The molecule has 1 aromatic heterocycles. The first kappa shape index (κ1) is 15.9. The van der Waals surface area contributed by atoms with Gasteiger partial charge in [0.1, 0.15) is 6.04 Å². The molecule has 2 heterocycles. The molecule has 1 aromatic rings. The lowest BCUT2D eigenvalue weighted by Gasteiger charge is -2.32. The fraction of sp³-hybridized carbons (Fsp3) is 0.643. The molecule has 1 saturated heterocycles. The molecular formula is C14H21N3O3S. The van der Waals surface area contributed by atoms with Crippen LogP contribution in [0.15, 0.2) is 5.38 Å². The molecule has 0 bridgehead atoms. The zero-order valence-electron chi connectivity index (χ0n) is 12.4. The Balaban J connectivity index is 2.07. The van der Waals surface area contributed by atoms with Crippen LogP contribution in [0.2, 0.25) is 0 Å². The van der Waals surface area contributed by atoms with Gasteiger partial charge in [-0.3, -0.25) is 19.4 Å². The van der Waals surface area contributed by atoms with Gasteiger partial charge in [0.2, 0.25) is 5.91 Å². The van der Waals surface area contributed by atoms with E-state index in [1.807, 2.05) is 17.2 Å². The summed E-state index contributed by atoms with van der Waals surface area (Å²) in [5.41, 5.74) is 0.836. The zero-order chi connectivity index (χ0) is 15.4. The Hall–Kier alpha value is -1.47. The summed E-state index contributed by atoms with van der Waals surface area (Å²) in [5.74, 6) is -0.788. The summed E-state index contributed by atoms with van der Waals surface area (Å²) in [6.07, 6.45) is 2.68. The smallest absolute Gasteiger partial charge is 0.320 e. The summed E-state index contributed by atoms with van der Waals surface area (Å²) < 4.78 is 0. The van der Waals surface area contributed by atoms with Crippen LogP contribution in [0.4, 0.5) is 5.13 Å². The van der Waals surface area contributed by atoms with Crippen molar-refractivity contribution in [2.24, 2.45) is 0 Å². The van der Waals surface area contributed by atoms with Gasteiger partial charge >= 0.3 is 5.97 Å². The number of carbonyl (C=O) groups excluding carboxylic acids is 1. The number of aromatic nitrogens is 1. The molecule has 6 nitrogen and oxygen atoms in total. The van der Waals surface area contributed by atoms with E-state index in [9.17, 15) is 14.7 Å². The van der Waals surface area contributed by atoms with Gasteiger partial charge in [-0.05, 0) is 26.3 Å². The van der Waals surface area contributed by atoms with Crippen LogP contribution in [0.3, 0.4) is 0 Å². The largest absolute Gasteiger partial charge is 0.480 e. The average molecular weight is 311 g/mol. The summed E-state index contributed by atoms with van der Waals surface area (Å²) in [4.78, 5) is 30.9. The van der Waals surface area contributed by atoms with Crippen LogP contribution in [0.5, 0.6) is 0 Å². The van der Waals surface area contributed by atoms with Gasteiger partial charge in [-0.25, -0.2) is 4.98 Å². The lowest BCUT2D eigenvalue weighted by Crippen LogP contribution is -2.44. The molecule has 1 aliphatic heterocycles. The van der Waals surface area contributed by atoms with Crippen LogP contribution in [0, 0.1) is 0 Å². The molecule has 0 radical (unpaired) electrons. The molecule has 0 aromatic carbocycles. The van der Waals surface area contributed by atoms with Crippen molar-refractivity contribution in [3.63, 3.8) is 0 Å². The Morgan fingerprint density at radius 1 is 1.52 bits per heavy atom. The first-order valence-electron chi connectivity index (χ1n) is 7.22. The second-order valence-electron chi connectivity index (χ2n) is 5.20. The molecule has 1 amide bonds. The summed E-state index contributed by atoms with van der Waals surface area (Å²) in [6.45, 7) is 5.34. The number of anilines is 1. The van der Waals surface area contributed by atoms with Crippen molar-refractivity contribution in [2.45, 2.75) is 45.7 Å². The first-order valence-corrected chi connectivity index (χ1v) is 8.10. The maximum atomic E-state index is 11.5. The fourth-order valence-electron chi connectivity index (χ4n) is 2.65. The molecule has 7 heteroatoms. The minimum absolute atomic E-state index is 0.0280. The van der Waals surface area contributed by atoms with Gasteiger partial charge in [0, 0.05) is 25.4 Å². The lowest BCUT2D eigenvalue weighted by atomic mass is 10.0. The molecule has 2 rings (SSSR count). The second-order valence-corrected chi connectivity index (χ2v) is 6.04. The third-order valence-electron chi connectivity index (χ3n) is 3.73. The third-order valence-corrected chi connectivity index (χ3v) is 4.64. The number of carbonyl (C=O) groups is 2. The monoisotopic (exact) mass is 311 g/mol. The predicted octanol–water partition coefficient (Wildman–Crippen LogP) is 1.95. The SMILES string of the molecule is CCN(C(C)=O)c1nc(CN2CCCCC2C(=O)O)cs1. The van der Waals surface area contributed by atoms with Crippen molar-refractivity contribution >= 4 is 28.3 Å². The van der Waals surface area contributed by atoms with E-state index in [1.165, 1.54) is 18.3 Å². The highest BCUT2D eigenvalue weighted by Crippen LogP contribution is 2.24. The average Bonchev–Trinajstić information content (AvgIpc) is 2.87. The van der Waals surface area contributed by atoms with E-state index in [-0.39, 0.29) is 5.91 Å². The third kappa shape index (κ3) is 3.79. The van der Waals surface area contributed by atoms with Crippen LogP contribution in [0.25, 0.3) is 0 Å². The van der Waals surface area contributed by atoms with Gasteiger partial charge in [-0.15, -0.1) is 11.3 Å². The van der Waals surface area contributed by atoms with Crippen LogP contribution >= 0.6 is 11.3 Å². The molecule has 1 fully saturated rings. The number of carboxylic acids is 1. The minimum Gasteiger partial charge on any atom is -0.480 e. The van der Waals surface area contributed by atoms with Crippen molar-refractivity contribution in [3.8, 4) is 0 Å². The normalized spacial score (nSPS) is 19.4. The first-order chi connectivity index (χ1) is 10.0. The summed E-state index contributed by atoms with van der Waals surface area (Å²) in [6, 6.07) is -0.418. The van der Waals surface area contributed by atoms with Gasteiger partial charge in [-0.2, -0.15) is 0 Å². The molecule has 21 heavy (non-hydrogen) atoms. The molecule has 1 N–H and O–H groups in total. The Bertz CT molecular complexity index is 517. The lowest BCUT2D eigenvalue weighted by molar-refractivity contribution is -0.144. The summed E-state index contributed by atoms with van der Waals surface area (Å²) in [5, 5.41) is 11.9. The van der Waals surface area contributed by atoms with Crippen molar-refractivity contribution in [1.29, 1.82) is 0 Å². The molecule has 0 saturated carbocycles. The van der Waals surface area contributed by atoms with Gasteiger partial charge in [-0.1, -0.05) is 6.42 Å². The maximum Gasteiger partial charge on any atom is 0.320 e. The number of piperidine rings is 1. The standard InChI is InChI=1S/C14H21N3O3S/c1-3-17(10(2)18)14-15-11(9-21-14)8-16-7-5-4-6-12(16)13(19)20/h9,12H,3-8H2,1-2H3,(H,19,20). The number of hydrogen-bond acceptors (Lipinski definition) is 5. The zero-order valence-corrected chi connectivity index (χ0v) is 13.2. The van der Waals surface area contributed by atoms with Crippen molar-refractivity contribution < 1.29 is 14.7 Å². The number of carboxylic acid groups (broad SMARTS) is 1. The number of amides is 1. The molecular weight excluding hydrogens is 290 g/mol. The summed E-state index contributed by atoms with van der Waals surface area (Å²) in [7, 11) is 0. The number of aliphatic carboxylic acids is 1. The van der Waals surface area contributed by atoms with E-state index in [4.69, 9.17) is 0 Å². The quantitative estimate of drug-likeness (QED) is 0.900. The van der Waals surface area contributed by atoms with E-state index < -0.39 is 12.0 Å². The second kappa shape index (κ2) is 7.00. The minimum atomic E-state index is -0.760. The molecule has 0 aliphatic carbocycles. The van der Waals surface area contributed by atoms with Gasteiger partial charge < -0.3 is 5.11 Å². The van der Waals surface area contributed by atoms with Gasteiger partial charge in [0.05, 0.1) is 5.69 Å². The van der Waals surface area contributed by atoms with Crippen LogP contribution in [0.1, 0.15) is 38.8 Å². The highest BCUT2D eigenvalue weighted by atomic mass is 32.1. The topological polar surface area (TPSA) is 73.7 Å². The molecule has 1 aliphatic rings. The summed E-state index contributed by atoms with van der Waals surface area (Å²) >= 11 is 1.43. The maximum absolute atomic E-state index is 11.5. The van der Waals surface area contributed by atoms with Crippen LogP contribution in [-0.4, -0.2) is 46.0 Å².